The number of nitrogens with one attached hydrogen (secondary N) is 2. The smallest absolute Gasteiger partial charge is 0.387 e. The van der Waals surface area contributed by atoms with Gasteiger partial charge in [-0.15, -0.1) is 0 Å². The van der Waals surface area contributed by atoms with Gasteiger partial charge in [0, 0.05) is 12.7 Å². The summed E-state index contributed by atoms with van der Waals surface area (Å²) >= 11 is 0. The van der Waals surface area contributed by atoms with E-state index in [1.54, 1.807) is 23.1 Å². The molecule has 1 unspecified atom stereocenters. The van der Waals surface area contributed by atoms with Gasteiger partial charge in [-0.1, -0.05) is 6.07 Å². The molecule has 0 saturated carbocycles. The van der Waals surface area contributed by atoms with Crippen molar-refractivity contribution in [2.24, 2.45) is 0 Å². The number of halogens is 3. The van der Waals surface area contributed by atoms with E-state index >= 15 is 0 Å². The molecule has 0 bridgehead atoms. The molecule has 0 saturated heterocycles. The van der Waals surface area contributed by atoms with Crippen molar-refractivity contribution in [1.82, 2.24) is 9.88 Å². The summed E-state index contributed by atoms with van der Waals surface area (Å²) in [4.78, 5) is 28.7. The molecule has 2 heterocycles. The molecule has 1 aromatic heterocycles. The minimum Gasteiger partial charge on any atom is -0.435 e. The first-order chi connectivity index (χ1) is 14.8. The third-order valence-corrected chi connectivity index (χ3v) is 5.49. The van der Waals surface area contributed by atoms with E-state index in [-0.39, 0.29) is 40.9 Å². The molecule has 1 aliphatic heterocycles. The number of nitrogens with zero attached hydrogens (tertiary/aromatic N) is 1. The average Bonchev–Trinajstić information content (AvgIpc) is 2.72. The largest absolute Gasteiger partial charge is 0.435 e. The second kappa shape index (κ2) is 8.33. The van der Waals surface area contributed by atoms with Gasteiger partial charge in [0.05, 0.1) is 23.7 Å². The molecule has 6 nitrogen and oxygen atoms in total. The van der Waals surface area contributed by atoms with Gasteiger partial charge in [0.1, 0.15) is 11.6 Å². The second-order valence-electron chi connectivity index (χ2n) is 7.33. The normalized spacial score (nSPS) is 15.8. The number of hydrogen-bond acceptors (Lipinski definition) is 4. The molecule has 162 valence electrons. The number of fused-ring (bicyclic) bond motifs is 2. The van der Waals surface area contributed by atoms with Crippen molar-refractivity contribution >= 4 is 22.4 Å². The number of alkyl halides is 2. The van der Waals surface area contributed by atoms with Crippen LogP contribution in [0.5, 0.6) is 5.75 Å². The number of ether oxygens (including phenoxy) is 1. The number of hydrogen-bond donors (Lipinski definition) is 2. The third kappa shape index (κ3) is 4.21. The molecule has 2 N–H and O–H groups in total. The Balaban J connectivity index is 1.47. The summed E-state index contributed by atoms with van der Waals surface area (Å²) in [5.74, 6) is -0.759. The van der Waals surface area contributed by atoms with Crippen molar-refractivity contribution in [1.29, 1.82) is 0 Å². The zero-order chi connectivity index (χ0) is 22.1. The van der Waals surface area contributed by atoms with E-state index in [0.717, 1.165) is 17.2 Å². The summed E-state index contributed by atoms with van der Waals surface area (Å²) in [5.41, 5.74) is 1.46. The van der Waals surface area contributed by atoms with Crippen molar-refractivity contribution < 1.29 is 22.7 Å². The standard InChI is InChI=1S/C22H20F3N3O3/c1-12-16-3-2-15(31-22(24)25)8-14(16)5-7-28(12)20(29)11-27-19-9-13-4-6-26-21(30)17(13)10-18(19)23/h2-4,6,8-10,12,22,27H,5,7,11H2,1H3,(H,26,30). The Kier molecular flexibility index (Phi) is 5.58. The van der Waals surface area contributed by atoms with Gasteiger partial charge in [-0.05, 0) is 60.2 Å². The van der Waals surface area contributed by atoms with Crippen LogP contribution in [0, 0.1) is 5.82 Å². The van der Waals surface area contributed by atoms with Gasteiger partial charge < -0.3 is 19.9 Å². The topological polar surface area (TPSA) is 74.4 Å². The molecule has 1 aliphatic rings. The summed E-state index contributed by atoms with van der Waals surface area (Å²) < 4.78 is 43.7. The molecule has 2 aromatic carbocycles. The minimum absolute atomic E-state index is 0.0907. The van der Waals surface area contributed by atoms with Crippen LogP contribution in [-0.4, -0.2) is 35.5 Å². The van der Waals surface area contributed by atoms with Gasteiger partial charge in [0.2, 0.25) is 5.91 Å². The number of amides is 1. The highest BCUT2D eigenvalue weighted by atomic mass is 19.3. The Morgan fingerprint density at radius 3 is 2.87 bits per heavy atom. The summed E-state index contributed by atoms with van der Waals surface area (Å²) in [6.45, 7) is -0.760. The summed E-state index contributed by atoms with van der Waals surface area (Å²) in [5, 5.41) is 3.60. The monoisotopic (exact) mass is 431 g/mol. The van der Waals surface area contributed by atoms with Gasteiger partial charge in [-0.25, -0.2) is 4.39 Å². The number of anilines is 1. The van der Waals surface area contributed by atoms with Gasteiger partial charge >= 0.3 is 6.61 Å². The number of pyridine rings is 1. The van der Waals surface area contributed by atoms with Crippen LogP contribution in [0.3, 0.4) is 0 Å². The highest BCUT2D eigenvalue weighted by Gasteiger charge is 2.28. The molecule has 0 fully saturated rings. The number of rotatable bonds is 5. The van der Waals surface area contributed by atoms with E-state index in [4.69, 9.17) is 0 Å². The maximum absolute atomic E-state index is 14.4. The highest BCUT2D eigenvalue weighted by Crippen LogP contribution is 2.32. The average molecular weight is 431 g/mol. The van der Waals surface area contributed by atoms with Crippen LogP contribution >= 0.6 is 0 Å². The van der Waals surface area contributed by atoms with Crippen molar-refractivity contribution in [3.63, 3.8) is 0 Å². The van der Waals surface area contributed by atoms with Gasteiger partial charge in [0.15, 0.2) is 0 Å². The van der Waals surface area contributed by atoms with Crippen LogP contribution in [0.2, 0.25) is 0 Å². The SMILES string of the molecule is CC1c2ccc(OC(F)F)cc2CCN1C(=O)CNc1cc2cc[nH]c(=O)c2cc1F. The number of aromatic nitrogens is 1. The molecule has 1 amide bonds. The Morgan fingerprint density at radius 2 is 2.10 bits per heavy atom. The summed E-state index contributed by atoms with van der Waals surface area (Å²) in [7, 11) is 0. The van der Waals surface area contributed by atoms with Crippen LogP contribution in [0.4, 0.5) is 18.9 Å². The van der Waals surface area contributed by atoms with E-state index in [9.17, 15) is 22.8 Å². The Bertz CT molecular complexity index is 1200. The van der Waals surface area contributed by atoms with Crippen LogP contribution in [0.25, 0.3) is 10.8 Å². The van der Waals surface area contributed by atoms with Crippen LogP contribution < -0.4 is 15.6 Å². The van der Waals surface area contributed by atoms with E-state index in [1.807, 2.05) is 6.92 Å². The zero-order valence-electron chi connectivity index (χ0n) is 16.6. The molecule has 4 rings (SSSR count). The fourth-order valence-electron chi connectivity index (χ4n) is 3.94. The summed E-state index contributed by atoms with van der Waals surface area (Å²) in [6, 6.07) is 8.74. The Morgan fingerprint density at radius 1 is 1.29 bits per heavy atom. The van der Waals surface area contributed by atoms with E-state index < -0.39 is 12.4 Å². The first-order valence-corrected chi connectivity index (χ1v) is 9.75. The third-order valence-electron chi connectivity index (χ3n) is 5.49. The maximum atomic E-state index is 14.4. The molecular formula is C22H20F3N3O3. The molecule has 0 radical (unpaired) electrons. The molecule has 31 heavy (non-hydrogen) atoms. The van der Waals surface area contributed by atoms with Crippen molar-refractivity contribution in [3.05, 3.63) is 69.9 Å². The highest BCUT2D eigenvalue weighted by molar-refractivity contribution is 5.87. The molecule has 0 aliphatic carbocycles. The molecule has 1 atom stereocenters. The van der Waals surface area contributed by atoms with Gasteiger partial charge in [-0.3, -0.25) is 9.59 Å². The molecule has 3 aromatic rings. The van der Waals surface area contributed by atoms with E-state index in [0.29, 0.717) is 18.4 Å². The minimum atomic E-state index is -2.89. The predicted octanol–water partition coefficient (Wildman–Crippen LogP) is 3.83. The molecular weight excluding hydrogens is 411 g/mol. The zero-order valence-corrected chi connectivity index (χ0v) is 16.6. The van der Waals surface area contributed by atoms with Crippen molar-refractivity contribution in [2.45, 2.75) is 26.0 Å². The predicted molar refractivity (Wildman–Crippen MR) is 110 cm³/mol. The van der Waals surface area contributed by atoms with Crippen molar-refractivity contribution in [3.8, 4) is 5.75 Å². The fourth-order valence-corrected chi connectivity index (χ4v) is 3.94. The van der Waals surface area contributed by atoms with E-state index in [2.05, 4.69) is 15.0 Å². The van der Waals surface area contributed by atoms with Crippen LogP contribution in [-0.2, 0) is 11.2 Å². The lowest BCUT2D eigenvalue weighted by atomic mass is 9.93. The van der Waals surface area contributed by atoms with Gasteiger partial charge in [-0.2, -0.15) is 8.78 Å². The quantitative estimate of drug-likeness (QED) is 0.644. The number of carbonyl (C=O) groups is 1. The Hall–Kier alpha value is -3.49. The van der Waals surface area contributed by atoms with Crippen LogP contribution in [0.15, 0.2) is 47.4 Å². The lowest BCUT2D eigenvalue weighted by Crippen LogP contribution is -2.41. The number of benzene rings is 2. The molecule has 9 heteroatoms. The fraction of sp³-hybridized carbons (Fsp3) is 0.273. The lowest BCUT2D eigenvalue weighted by Gasteiger charge is -2.35. The number of carbonyl (C=O) groups excluding carboxylic acids is 1. The summed E-state index contributed by atoms with van der Waals surface area (Å²) in [6.07, 6.45) is 1.97. The molecule has 0 spiro atoms. The van der Waals surface area contributed by atoms with Gasteiger partial charge in [0.25, 0.3) is 5.56 Å². The van der Waals surface area contributed by atoms with Crippen LogP contribution in [0.1, 0.15) is 24.1 Å². The van der Waals surface area contributed by atoms with Crippen molar-refractivity contribution in [2.75, 3.05) is 18.4 Å². The first kappa shape index (κ1) is 20.8. The first-order valence-electron chi connectivity index (χ1n) is 9.75. The van der Waals surface area contributed by atoms with E-state index in [1.165, 1.54) is 18.3 Å². The maximum Gasteiger partial charge on any atom is 0.387 e. The second-order valence-corrected chi connectivity index (χ2v) is 7.33. The number of aromatic amines is 1. The Labute approximate surface area is 175 Å². The number of H-pyrrole nitrogens is 1. The lowest BCUT2D eigenvalue weighted by molar-refractivity contribution is -0.131.